The first kappa shape index (κ1) is 25.4. The van der Waals surface area contributed by atoms with Gasteiger partial charge in [0.2, 0.25) is 0 Å². The molecule has 2 fully saturated rings. The summed E-state index contributed by atoms with van der Waals surface area (Å²) in [6.07, 6.45) is 0.241. The number of aromatic nitrogens is 4. The van der Waals surface area contributed by atoms with Crippen molar-refractivity contribution in [3.05, 3.63) is 42.7 Å². The van der Waals surface area contributed by atoms with E-state index in [0.717, 1.165) is 6.42 Å². The van der Waals surface area contributed by atoms with Crippen LogP contribution in [0.2, 0.25) is 0 Å². The first-order chi connectivity index (χ1) is 17.9. The van der Waals surface area contributed by atoms with Crippen LogP contribution in [0.15, 0.2) is 41.8 Å². The molecule has 0 saturated carbocycles. The number of carbonyl (C=O) groups is 2. The van der Waals surface area contributed by atoms with Crippen molar-refractivity contribution in [2.24, 2.45) is 0 Å². The van der Waals surface area contributed by atoms with Crippen molar-refractivity contribution in [2.75, 3.05) is 24.3 Å². The third kappa shape index (κ3) is 5.53. The standard InChI is InChI=1S/C24H26FN5O6S/c1-13(31)34-20-17(10-37-18-6-4-3-5-16(18)25)36-24(21(20)35-14(2)32)30-12-28-19-22(26-11-27-23(19)30)29-15-7-8-33-9-15/h3-6,11-12,15,17,20-21,24H,7-10H2,1-2H3,(H,26,27,29)/t15-,17-,20-,21-,24?/m1/s1. The summed E-state index contributed by atoms with van der Waals surface area (Å²) in [6, 6.07) is 6.46. The Kier molecular flexibility index (Phi) is 7.53. The number of thioether (sulfide) groups is 1. The molecule has 0 radical (unpaired) electrons. The second-order valence-corrected chi connectivity index (χ2v) is 9.77. The Hall–Kier alpha value is -3.29. The SMILES string of the molecule is CC(=O)O[C@@H]1[C@@H](CSc2ccccc2F)OC(n2cnc3c(N[C@@H]4CCOC4)ncnc32)[C@@H]1OC(C)=O. The maximum absolute atomic E-state index is 14.2. The molecule has 5 atom stereocenters. The second-order valence-electron chi connectivity index (χ2n) is 8.71. The number of rotatable bonds is 8. The average molecular weight is 532 g/mol. The molecule has 2 aliphatic rings. The van der Waals surface area contributed by atoms with Gasteiger partial charge in [-0.05, 0) is 18.6 Å². The molecule has 0 spiro atoms. The van der Waals surface area contributed by atoms with Crippen LogP contribution in [-0.4, -0.2) is 74.8 Å². The van der Waals surface area contributed by atoms with Gasteiger partial charge in [0.05, 0.1) is 19.0 Å². The molecule has 4 heterocycles. The normalized spacial score (nSPS) is 25.3. The van der Waals surface area contributed by atoms with Gasteiger partial charge >= 0.3 is 11.9 Å². The van der Waals surface area contributed by atoms with E-state index in [9.17, 15) is 14.0 Å². The molecule has 2 aliphatic heterocycles. The van der Waals surface area contributed by atoms with Crippen LogP contribution in [0.5, 0.6) is 0 Å². The maximum Gasteiger partial charge on any atom is 0.303 e. The van der Waals surface area contributed by atoms with Gasteiger partial charge in [-0.1, -0.05) is 12.1 Å². The minimum absolute atomic E-state index is 0.105. The van der Waals surface area contributed by atoms with Crippen LogP contribution >= 0.6 is 11.8 Å². The fraction of sp³-hybridized carbons (Fsp3) is 0.458. The highest BCUT2D eigenvalue weighted by molar-refractivity contribution is 7.99. The molecule has 0 amide bonds. The molecular formula is C24H26FN5O6S. The van der Waals surface area contributed by atoms with Crippen molar-refractivity contribution in [3.8, 4) is 0 Å². The van der Waals surface area contributed by atoms with Crippen molar-refractivity contribution < 1.29 is 32.9 Å². The fourth-order valence-electron chi connectivity index (χ4n) is 4.44. The van der Waals surface area contributed by atoms with E-state index in [1.165, 1.54) is 44.3 Å². The third-order valence-corrected chi connectivity index (χ3v) is 7.17. The highest BCUT2D eigenvalue weighted by atomic mass is 32.2. The lowest BCUT2D eigenvalue weighted by Gasteiger charge is -2.23. The monoisotopic (exact) mass is 531 g/mol. The Morgan fingerprint density at radius 1 is 1.16 bits per heavy atom. The zero-order valence-corrected chi connectivity index (χ0v) is 21.0. The van der Waals surface area contributed by atoms with Crippen LogP contribution in [-0.2, 0) is 28.5 Å². The van der Waals surface area contributed by atoms with E-state index in [-0.39, 0.29) is 17.6 Å². The van der Waals surface area contributed by atoms with E-state index in [2.05, 4.69) is 20.3 Å². The van der Waals surface area contributed by atoms with Crippen molar-refractivity contribution in [1.82, 2.24) is 19.5 Å². The molecule has 11 nitrogen and oxygen atoms in total. The maximum atomic E-state index is 14.2. The molecule has 2 saturated heterocycles. The van der Waals surface area contributed by atoms with Gasteiger partial charge in [-0.15, -0.1) is 11.8 Å². The van der Waals surface area contributed by atoms with Crippen molar-refractivity contribution >= 4 is 40.7 Å². The topological polar surface area (TPSA) is 127 Å². The molecule has 37 heavy (non-hydrogen) atoms. The second kappa shape index (κ2) is 11.0. The Balaban J connectivity index is 1.46. The molecule has 13 heteroatoms. The Morgan fingerprint density at radius 3 is 2.68 bits per heavy atom. The highest BCUT2D eigenvalue weighted by Crippen LogP contribution is 2.38. The van der Waals surface area contributed by atoms with Gasteiger partial charge in [-0.3, -0.25) is 14.2 Å². The van der Waals surface area contributed by atoms with E-state index in [0.29, 0.717) is 35.1 Å². The van der Waals surface area contributed by atoms with Crippen molar-refractivity contribution in [3.63, 3.8) is 0 Å². The highest BCUT2D eigenvalue weighted by Gasteiger charge is 2.50. The lowest BCUT2D eigenvalue weighted by molar-refractivity contribution is -0.165. The van der Waals surface area contributed by atoms with Crippen molar-refractivity contribution in [2.45, 2.75) is 55.7 Å². The number of hydrogen-bond acceptors (Lipinski definition) is 11. The van der Waals surface area contributed by atoms with Crippen LogP contribution in [0.25, 0.3) is 11.2 Å². The summed E-state index contributed by atoms with van der Waals surface area (Å²) in [7, 11) is 0. The van der Waals surface area contributed by atoms with E-state index >= 15 is 0 Å². The van der Waals surface area contributed by atoms with Gasteiger partial charge < -0.3 is 24.3 Å². The molecule has 1 aromatic carbocycles. The summed E-state index contributed by atoms with van der Waals surface area (Å²) in [5.74, 6) is -0.711. The summed E-state index contributed by atoms with van der Waals surface area (Å²) in [6.45, 7) is 3.77. The van der Waals surface area contributed by atoms with Gasteiger partial charge in [0.1, 0.15) is 18.2 Å². The first-order valence-corrected chi connectivity index (χ1v) is 12.8. The van der Waals surface area contributed by atoms with Gasteiger partial charge in [0.15, 0.2) is 35.4 Å². The molecule has 0 bridgehead atoms. The van der Waals surface area contributed by atoms with E-state index in [4.69, 9.17) is 18.9 Å². The lowest BCUT2D eigenvalue weighted by atomic mass is 10.1. The molecule has 1 N–H and O–H groups in total. The molecule has 5 rings (SSSR count). The molecular weight excluding hydrogens is 505 g/mol. The van der Waals surface area contributed by atoms with Gasteiger partial charge in [-0.2, -0.15) is 0 Å². The average Bonchev–Trinajstić information content (AvgIpc) is 3.59. The predicted octanol–water partition coefficient (Wildman–Crippen LogP) is 2.72. The summed E-state index contributed by atoms with van der Waals surface area (Å²) in [5, 5.41) is 3.33. The molecule has 196 valence electrons. The van der Waals surface area contributed by atoms with Crippen LogP contribution < -0.4 is 5.32 Å². The van der Waals surface area contributed by atoms with Gasteiger partial charge in [0.25, 0.3) is 0 Å². The van der Waals surface area contributed by atoms with E-state index in [1.54, 1.807) is 22.8 Å². The number of anilines is 1. The number of carbonyl (C=O) groups excluding carboxylic acids is 2. The van der Waals surface area contributed by atoms with E-state index < -0.39 is 36.5 Å². The Bertz CT molecular complexity index is 1290. The first-order valence-electron chi connectivity index (χ1n) is 11.8. The number of hydrogen-bond donors (Lipinski definition) is 1. The van der Waals surface area contributed by atoms with Crippen LogP contribution in [0, 0.1) is 5.82 Å². The summed E-state index contributed by atoms with van der Waals surface area (Å²) in [4.78, 5) is 37.6. The number of esters is 2. The molecule has 0 aliphatic carbocycles. The fourth-order valence-corrected chi connectivity index (χ4v) is 5.43. The summed E-state index contributed by atoms with van der Waals surface area (Å²) >= 11 is 1.22. The zero-order valence-electron chi connectivity index (χ0n) is 20.2. The number of ether oxygens (including phenoxy) is 4. The Labute approximate surface area is 216 Å². The largest absolute Gasteiger partial charge is 0.456 e. The Morgan fingerprint density at radius 2 is 1.95 bits per heavy atom. The molecule has 1 unspecified atom stereocenters. The quantitative estimate of drug-likeness (QED) is 0.340. The predicted molar refractivity (Wildman–Crippen MR) is 130 cm³/mol. The number of imidazole rings is 1. The molecule has 2 aromatic heterocycles. The number of benzene rings is 1. The number of nitrogens with zero attached hydrogens (tertiary/aromatic N) is 4. The van der Waals surface area contributed by atoms with Crippen molar-refractivity contribution in [1.29, 1.82) is 0 Å². The van der Waals surface area contributed by atoms with Crippen LogP contribution in [0.4, 0.5) is 10.2 Å². The van der Waals surface area contributed by atoms with Crippen LogP contribution in [0.1, 0.15) is 26.5 Å². The zero-order chi connectivity index (χ0) is 25.9. The number of fused-ring (bicyclic) bond motifs is 1. The summed E-state index contributed by atoms with van der Waals surface area (Å²) in [5.41, 5.74) is 0.954. The summed E-state index contributed by atoms with van der Waals surface area (Å²) < 4.78 is 38.8. The minimum atomic E-state index is -0.986. The molecule has 3 aromatic rings. The lowest BCUT2D eigenvalue weighted by Crippen LogP contribution is -2.39. The minimum Gasteiger partial charge on any atom is -0.456 e. The smallest absolute Gasteiger partial charge is 0.303 e. The van der Waals surface area contributed by atoms with Crippen LogP contribution in [0.3, 0.4) is 0 Å². The van der Waals surface area contributed by atoms with E-state index in [1.807, 2.05) is 0 Å². The third-order valence-electron chi connectivity index (χ3n) is 6.03. The van der Waals surface area contributed by atoms with Gasteiger partial charge in [0, 0.05) is 31.1 Å². The van der Waals surface area contributed by atoms with Gasteiger partial charge in [-0.25, -0.2) is 19.3 Å². The number of nitrogens with one attached hydrogen (secondary N) is 1. The number of halogens is 1.